The summed E-state index contributed by atoms with van der Waals surface area (Å²) in [4.78, 5) is 0. The molecule has 0 saturated carbocycles. The van der Waals surface area contributed by atoms with E-state index < -0.39 is 0 Å². The monoisotopic (exact) mass is 345 g/mol. The van der Waals surface area contributed by atoms with Crippen LogP contribution in [0.25, 0.3) is 0 Å². The minimum Gasteiger partial charge on any atom is -0.300 e. The molecule has 0 fully saturated rings. The summed E-state index contributed by atoms with van der Waals surface area (Å²) < 4.78 is 0. The zero-order chi connectivity index (χ0) is 18.1. The molecule has 0 saturated heterocycles. The van der Waals surface area contributed by atoms with Gasteiger partial charge in [0.2, 0.25) is 0 Å². The van der Waals surface area contributed by atoms with Crippen molar-refractivity contribution >= 4 is 0 Å². The molecule has 2 aromatic carbocycles. The van der Waals surface area contributed by atoms with Crippen molar-refractivity contribution in [1.29, 1.82) is 0 Å². The van der Waals surface area contributed by atoms with Crippen molar-refractivity contribution in [3.8, 4) is 0 Å². The molecule has 0 atom stereocenters. The molecule has 0 amide bonds. The molecule has 0 aromatic heterocycles. The number of nitrogens with one attached hydrogen (secondary N) is 1. The molecule has 0 spiro atoms. The van der Waals surface area contributed by atoms with Crippen LogP contribution in [0, 0.1) is 0 Å². The molecule has 26 heavy (non-hydrogen) atoms. The predicted octanol–water partition coefficient (Wildman–Crippen LogP) is 6.38. The summed E-state index contributed by atoms with van der Waals surface area (Å²) in [5, 5.41) is 3.97. The Kier molecular flexibility index (Phi) is 6.85. The van der Waals surface area contributed by atoms with Gasteiger partial charge in [0.15, 0.2) is 0 Å². The van der Waals surface area contributed by atoms with E-state index in [2.05, 4.69) is 91.1 Å². The SMILES string of the molecule is CCCCCCNC(C1=CCCC=C1)(c1ccccc1)c1ccccc1. The van der Waals surface area contributed by atoms with E-state index in [1.165, 1.54) is 42.4 Å². The summed E-state index contributed by atoms with van der Waals surface area (Å²) in [7, 11) is 0. The second kappa shape index (κ2) is 9.54. The van der Waals surface area contributed by atoms with Gasteiger partial charge in [-0.25, -0.2) is 0 Å². The number of rotatable bonds is 9. The van der Waals surface area contributed by atoms with Gasteiger partial charge >= 0.3 is 0 Å². The van der Waals surface area contributed by atoms with Gasteiger partial charge in [-0.05, 0) is 42.5 Å². The molecule has 0 unspecified atom stereocenters. The molecular weight excluding hydrogens is 314 g/mol. The van der Waals surface area contributed by atoms with Crippen LogP contribution in [0.4, 0.5) is 0 Å². The van der Waals surface area contributed by atoms with Crippen molar-refractivity contribution in [2.24, 2.45) is 0 Å². The molecule has 0 aliphatic heterocycles. The van der Waals surface area contributed by atoms with Crippen molar-refractivity contribution < 1.29 is 0 Å². The molecule has 0 bridgehead atoms. The first kappa shape index (κ1) is 18.7. The average molecular weight is 346 g/mol. The average Bonchev–Trinajstić information content (AvgIpc) is 2.73. The third-order valence-corrected chi connectivity index (χ3v) is 5.26. The fourth-order valence-electron chi connectivity index (χ4n) is 3.90. The molecule has 0 heterocycles. The highest BCUT2D eigenvalue weighted by Gasteiger charge is 2.36. The van der Waals surface area contributed by atoms with Gasteiger partial charge in [-0.3, -0.25) is 0 Å². The van der Waals surface area contributed by atoms with E-state index >= 15 is 0 Å². The van der Waals surface area contributed by atoms with Crippen LogP contribution >= 0.6 is 0 Å². The van der Waals surface area contributed by atoms with Gasteiger partial charge in [0.05, 0.1) is 5.54 Å². The quantitative estimate of drug-likeness (QED) is 0.520. The van der Waals surface area contributed by atoms with Crippen LogP contribution in [0.15, 0.2) is 84.5 Å². The normalized spacial score (nSPS) is 14.3. The number of benzene rings is 2. The maximum Gasteiger partial charge on any atom is 0.0944 e. The predicted molar refractivity (Wildman–Crippen MR) is 112 cm³/mol. The first-order valence-corrected chi connectivity index (χ1v) is 10.1. The lowest BCUT2D eigenvalue weighted by molar-refractivity contribution is 0.454. The van der Waals surface area contributed by atoms with Crippen LogP contribution in [0.3, 0.4) is 0 Å². The van der Waals surface area contributed by atoms with E-state index in [1.54, 1.807) is 0 Å². The van der Waals surface area contributed by atoms with Crippen molar-refractivity contribution in [2.45, 2.75) is 51.0 Å². The lowest BCUT2D eigenvalue weighted by atomic mass is 9.75. The number of hydrogen-bond acceptors (Lipinski definition) is 1. The summed E-state index contributed by atoms with van der Waals surface area (Å²) in [5.41, 5.74) is 3.74. The van der Waals surface area contributed by atoms with E-state index in [0.29, 0.717) is 0 Å². The summed E-state index contributed by atoms with van der Waals surface area (Å²) in [6, 6.07) is 21.8. The molecule has 1 N–H and O–H groups in total. The Balaban J connectivity index is 2.02. The summed E-state index contributed by atoms with van der Waals surface area (Å²) in [5.74, 6) is 0. The van der Waals surface area contributed by atoms with Crippen LogP contribution in [0.5, 0.6) is 0 Å². The van der Waals surface area contributed by atoms with E-state index in [0.717, 1.165) is 19.4 Å². The largest absolute Gasteiger partial charge is 0.300 e. The summed E-state index contributed by atoms with van der Waals surface area (Å²) in [6.07, 6.45) is 14.4. The lowest BCUT2D eigenvalue weighted by Crippen LogP contribution is -2.45. The van der Waals surface area contributed by atoms with Crippen molar-refractivity contribution in [1.82, 2.24) is 5.32 Å². The first-order valence-electron chi connectivity index (χ1n) is 10.1. The Morgan fingerprint density at radius 1 is 0.808 bits per heavy atom. The fraction of sp³-hybridized carbons (Fsp3) is 0.360. The maximum absolute atomic E-state index is 3.97. The van der Waals surface area contributed by atoms with Gasteiger partial charge in [-0.1, -0.05) is 105 Å². The highest BCUT2D eigenvalue weighted by molar-refractivity contribution is 5.52. The Labute approximate surface area is 158 Å². The smallest absolute Gasteiger partial charge is 0.0944 e. The third kappa shape index (κ3) is 4.16. The lowest BCUT2D eigenvalue weighted by Gasteiger charge is -2.39. The van der Waals surface area contributed by atoms with E-state index in [-0.39, 0.29) is 5.54 Å². The van der Waals surface area contributed by atoms with Crippen LogP contribution in [-0.2, 0) is 5.54 Å². The molecular formula is C25H31N. The Bertz CT molecular complexity index is 673. The van der Waals surface area contributed by atoms with Gasteiger partial charge in [0.25, 0.3) is 0 Å². The molecule has 1 heteroatoms. The van der Waals surface area contributed by atoms with Crippen LogP contribution in [-0.4, -0.2) is 6.54 Å². The second-order valence-electron chi connectivity index (χ2n) is 7.11. The van der Waals surface area contributed by atoms with Crippen LogP contribution in [0.1, 0.15) is 56.6 Å². The minimum absolute atomic E-state index is 0.272. The molecule has 1 aliphatic carbocycles. The third-order valence-electron chi connectivity index (χ3n) is 5.26. The molecule has 1 nitrogen and oxygen atoms in total. The highest BCUT2D eigenvalue weighted by atomic mass is 15.0. The zero-order valence-electron chi connectivity index (χ0n) is 16.0. The Morgan fingerprint density at radius 2 is 1.46 bits per heavy atom. The van der Waals surface area contributed by atoms with Gasteiger partial charge in [-0.15, -0.1) is 0 Å². The highest BCUT2D eigenvalue weighted by Crippen LogP contribution is 2.39. The van der Waals surface area contributed by atoms with Crippen LogP contribution < -0.4 is 5.32 Å². The number of hydrogen-bond donors (Lipinski definition) is 1. The van der Waals surface area contributed by atoms with Gasteiger partial charge in [0.1, 0.15) is 0 Å². The standard InChI is InChI=1S/C25H31N/c1-2-3-4-14-21-26-25(22-15-8-5-9-16-22,23-17-10-6-11-18-23)24-19-12-7-13-20-24/h5-6,8-12,15-20,26H,2-4,7,13-14,21H2,1H3. The number of allylic oxidation sites excluding steroid dienone is 2. The molecule has 3 rings (SSSR count). The van der Waals surface area contributed by atoms with E-state index in [9.17, 15) is 0 Å². The van der Waals surface area contributed by atoms with Crippen LogP contribution in [0.2, 0.25) is 0 Å². The minimum atomic E-state index is -0.272. The first-order chi connectivity index (χ1) is 12.9. The number of unbranched alkanes of at least 4 members (excludes halogenated alkanes) is 3. The molecule has 1 aliphatic rings. The van der Waals surface area contributed by atoms with Gasteiger partial charge in [0, 0.05) is 0 Å². The van der Waals surface area contributed by atoms with Crippen molar-refractivity contribution in [3.63, 3.8) is 0 Å². The van der Waals surface area contributed by atoms with Gasteiger partial charge < -0.3 is 5.32 Å². The Morgan fingerprint density at radius 3 is 2.00 bits per heavy atom. The fourth-order valence-corrected chi connectivity index (χ4v) is 3.90. The van der Waals surface area contributed by atoms with Crippen molar-refractivity contribution in [2.75, 3.05) is 6.54 Å². The topological polar surface area (TPSA) is 12.0 Å². The van der Waals surface area contributed by atoms with Gasteiger partial charge in [-0.2, -0.15) is 0 Å². The second-order valence-corrected chi connectivity index (χ2v) is 7.11. The maximum atomic E-state index is 3.97. The van der Waals surface area contributed by atoms with E-state index in [4.69, 9.17) is 0 Å². The molecule has 0 radical (unpaired) electrons. The zero-order valence-corrected chi connectivity index (χ0v) is 16.0. The Hall–Kier alpha value is -2.12. The summed E-state index contributed by atoms with van der Waals surface area (Å²) in [6.45, 7) is 3.29. The molecule has 136 valence electrons. The van der Waals surface area contributed by atoms with E-state index in [1.807, 2.05) is 0 Å². The van der Waals surface area contributed by atoms with Crippen molar-refractivity contribution in [3.05, 3.63) is 95.6 Å². The molecule has 2 aromatic rings. The summed E-state index contributed by atoms with van der Waals surface area (Å²) >= 11 is 0.